The van der Waals surface area contributed by atoms with E-state index >= 15 is 0 Å². The Bertz CT molecular complexity index is 494. The van der Waals surface area contributed by atoms with E-state index in [9.17, 15) is 13.6 Å². The number of nitrogens with zero attached hydrogens (tertiary/aromatic N) is 1. The largest absolute Gasteiger partial charge is 0.435 e. The third-order valence-electron chi connectivity index (χ3n) is 3.62. The van der Waals surface area contributed by atoms with Gasteiger partial charge in [-0.1, -0.05) is 0 Å². The number of ether oxygens (including phenoxy) is 1. The maximum Gasteiger partial charge on any atom is 0.387 e. The number of hydrogen-bond donors (Lipinski definition) is 2. The van der Waals surface area contributed by atoms with Gasteiger partial charge in [-0.25, -0.2) is 4.79 Å². The molecule has 1 atom stereocenters. The molecule has 1 aromatic rings. The molecule has 22 heavy (non-hydrogen) atoms. The number of halogens is 2. The van der Waals surface area contributed by atoms with Gasteiger partial charge in [-0.2, -0.15) is 8.78 Å². The SMILES string of the molecule is CC(C)N1CCC(NC(=O)Nc2ccc(OC(F)F)cc2)C1. The first-order valence-electron chi connectivity index (χ1n) is 7.30. The van der Waals surface area contributed by atoms with Crippen molar-refractivity contribution < 1.29 is 18.3 Å². The highest BCUT2D eigenvalue weighted by atomic mass is 19.3. The van der Waals surface area contributed by atoms with E-state index in [2.05, 4.69) is 34.1 Å². The zero-order valence-electron chi connectivity index (χ0n) is 12.7. The van der Waals surface area contributed by atoms with Crippen molar-refractivity contribution in [2.24, 2.45) is 0 Å². The second-order valence-electron chi connectivity index (χ2n) is 5.58. The number of carbonyl (C=O) groups is 1. The molecule has 0 radical (unpaired) electrons. The van der Waals surface area contributed by atoms with Gasteiger partial charge in [0.1, 0.15) is 5.75 Å². The average Bonchev–Trinajstić information content (AvgIpc) is 2.89. The third-order valence-corrected chi connectivity index (χ3v) is 3.62. The van der Waals surface area contributed by atoms with Crippen LogP contribution in [0.5, 0.6) is 5.75 Å². The van der Waals surface area contributed by atoms with Crippen molar-refractivity contribution in [3.05, 3.63) is 24.3 Å². The molecule has 5 nitrogen and oxygen atoms in total. The summed E-state index contributed by atoms with van der Waals surface area (Å²) in [7, 11) is 0. The molecule has 7 heteroatoms. The van der Waals surface area contributed by atoms with Crippen LogP contribution < -0.4 is 15.4 Å². The lowest BCUT2D eigenvalue weighted by Gasteiger charge is -2.20. The summed E-state index contributed by atoms with van der Waals surface area (Å²) < 4.78 is 28.3. The molecule has 122 valence electrons. The predicted octanol–water partition coefficient (Wildman–Crippen LogP) is 2.89. The van der Waals surface area contributed by atoms with E-state index in [1.54, 1.807) is 0 Å². The number of rotatable bonds is 5. The fourth-order valence-corrected chi connectivity index (χ4v) is 2.45. The lowest BCUT2D eigenvalue weighted by atomic mass is 10.2. The Morgan fingerprint density at radius 1 is 1.32 bits per heavy atom. The number of benzene rings is 1. The van der Waals surface area contributed by atoms with Gasteiger partial charge >= 0.3 is 12.6 Å². The summed E-state index contributed by atoms with van der Waals surface area (Å²) in [6.45, 7) is 3.22. The summed E-state index contributed by atoms with van der Waals surface area (Å²) in [6, 6.07) is 6.12. The van der Waals surface area contributed by atoms with E-state index in [0.29, 0.717) is 11.7 Å². The monoisotopic (exact) mass is 313 g/mol. The molecule has 0 spiro atoms. The van der Waals surface area contributed by atoms with Crippen molar-refractivity contribution in [2.75, 3.05) is 18.4 Å². The minimum absolute atomic E-state index is 0.0596. The molecule has 2 amide bonds. The number of anilines is 1. The van der Waals surface area contributed by atoms with E-state index in [1.807, 2.05) is 0 Å². The van der Waals surface area contributed by atoms with Crippen molar-refractivity contribution in [2.45, 2.75) is 39.0 Å². The Balaban J connectivity index is 1.80. The summed E-state index contributed by atoms with van der Waals surface area (Å²) in [5.74, 6) is 0.0596. The van der Waals surface area contributed by atoms with Gasteiger partial charge in [-0.05, 0) is 44.5 Å². The first-order chi connectivity index (χ1) is 10.4. The second-order valence-corrected chi connectivity index (χ2v) is 5.58. The zero-order chi connectivity index (χ0) is 16.1. The summed E-state index contributed by atoms with van der Waals surface area (Å²) >= 11 is 0. The van der Waals surface area contributed by atoms with Crippen LogP contribution in [0.1, 0.15) is 20.3 Å². The molecule has 1 aliphatic rings. The van der Waals surface area contributed by atoms with Crippen LogP contribution in [0, 0.1) is 0 Å². The Morgan fingerprint density at radius 3 is 2.55 bits per heavy atom. The Labute approximate surface area is 128 Å². The molecule has 1 saturated heterocycles. The normalized spacial score (nSPS) is 18.7. The molecule has 1 unspecified atom stereocenters. The smallest absolute Gasteiger partial charge is 0.387 e. The highest BCUT2D eigenvalue weighted by molar-refractivity contribution is 5.89. The molecular weight excluding hydrogens is 292 g/mol. The van der Waals surface area contributed by atoms with Gasteiger partial charge in [0, 0.05) is 30.9 Å². The van der Waals surface area contributed by atoms with Crippen molar-refractivity contribution >= 4 is 11.7 Å². The summed E-state index contributed by atoms with van der Waals surface area (Å²) in [5.41, 5.74) is 0.526. The minimum Gasteiger partial charge on any atom is -0.435 e. The van der Waals surface area contributed by atoms with Crippen molar-refractivity contribution in [1.29, 1.82) is 0 Å². The first kappa shape index (κ1) is 16.5. The molecule has 1 fully saturated rings. The topological polar surface area (TPSA) is 53.6 Å². The molecule has 2 rings (SSSR count). The van der Waals surface area contributed by atoms with E-state index in [4.69, 9.17) is 0 Å². The van der Waals surface area contributed by atoms with Crippen LogP contribution in [0.4, 0.5) is 19.3 Å². The lowest BCUT2D eigenvalue weighted by Crippen LogP contribution is -2.40. The predicted molar refractivity (Wildman–Crippen MR) is 80.3 cm³/mol. The van der Waals surface area contributed by atoms with Gasteiger partial charge in [0.15, 0.2) is 0 Å². The molecule has 0 saturated carbocycles. The van der Waals surface area contributed by atoms with Crippen molar-refractivity contribution in [3.8, 4) is 5.75 Å². The molecule has 0 aromatic heterocycles. The Morgan fingerprint density at radius 2 is 2.00 bits per heavy atom. The van der Waals surface area contributed by atoms with Crippen molar-refractivity contribution in [3.63, 3.8) is 0 Å². The number of urea groups is 1. The maximum absolute atomic E-state index is 12.0. The molecule has 0 aliphatic carbocycles. The Hall–Kier alpha value is -1.89. The Kier molecular flexibility index (Phi) is 5.54. The van der Waals surface area contributed by atoms with Crippen LogP contribution in [0.2, 0.25) is 0 Å². The van der Waals surface area contributed by atoms with E-state index < -0.39 is 6.61 Å². The van der Waals surface area contributed by atoms with E-state index in [0.717, 1.165) is 19.5 Å². The van der Waals surface area contributed by atoms with Crippen LogP contribution in [-0.2, 0) is 0 Å². The summed E-state index contributed by atoms with van der Waals surface area (Å²) in [4.78, 5) is 14.2. The van der Waals surface area contributed by atoms with Gasteiger partial charge in [0.2, 0.25) is 0 Å². The molecule has 2 N–H and O–H groups in total. The minimum atomic E-state index is -2.85. The number of alkyl halides is 2. The summed E-state index contributed by atoms with van der Waals surface area (Å²) in [5, 5.41) is 5.60. The average molecular weight is 313 g/mol. The number of nitrogens with one attached hydrogen (secondary N) is 2. The van der Waals surface area contributed by atoms with Gasteiger partial charge in [0.25, 0.3) is 0 Å². The molecular formula is C15H21F2N3O2. The highest BCUT2D eigenvalue weighted by Crippen LogP contribution is 2.18. The van der Waals surface area contributed by atoms with Crippen LogP contribution in [0.3, 0.4) is 0 Å². The number of hydrogen-bond acceptors (Lipinski definition) is 3. The first-order valence-corrected chi connectivity index (χ1v) is 7.30. The third kappa shape index (κ3) is 4.84. The number of carbonyl (C=O) groups excluding carboxylic acids is 1. The lowest BCUT2D eigenvalue weighted by molar-refractivity contribution is -0.0498. The van der Waals surface area contributed by atoms with Crippen molar-refractivity contribution in [1.82, 2.24) is 10.2 Å². The van der Waals surface area contributed by atoms with Crippen LogP contribution >= 0.6 is 0 Å². The fraction of sp³-hybridized carbons (Fsp3) is 0.533. The van der Waals surface area contributed by atoms with E-state index in [-0.39, 0.29) is 17.8 Å². The van der Waals surface area contributed by atoms with Gasteiger partial charge in [0.05, 0.1) is 0 Å². The molecule has 1 aliphatic heterocycles. The maximum atomic E-state index is 12.0. The molecule has 0 bridgehead atoms. The van der Waals surface area contributed by atoms with E-state index in [1.165, 1.54) is 24.3 Å². The highest BCUT2D eigenvalue weighted by Gasteiger charge is 2.25. The van der Waals surface area contributed by atoms with Gasteiger partial charge in [-0.3, -0.25) is 4.90 Å². The molecule has 1 aromatic carbocycles. The fourth-order valence-electron chi connectivity index (χ4n) is 2.45. The number of amides is 2. The van der Waals surface area contributed by atoms with Crippen LogP contribution in [0.25, 0.3) is 0 Å². The number of likely N-dealkylation sites (tertiary alicyclic amines) is 1. The zero-order valence-corrected chi connectivity index (χ0v) is 12.7. The second kappa shape index (κ2) is 7.40. The van der Waals surface area contributed by atoms with Crippen LogP contribution in [0.15, 0.2) is 24.3 Å². The standard InChI is InChI=1S/C15H21F2N3O2/c1-10(2)20-8-7-12(9-20)19-15(21)18-11-3-5-13(6-4-11)22-14(16)17/h3-6,10,12,14H,7-9H2,1-2H3,(H2,18,19,21). The van der Waals surface area contributed by atoms with Crippen LogP contribution in [-0.4, -0.2) is 42.7 Å². The van der Waals surface area contributed by atoms with Gasteiger partial charge in [-0.15, -0.1) is 0 Å². The van der Waals surface area contributed by atoms with Gasteiger partial charge < -0.3 is 15.4 Å². The quantitative estimate of drug-likeness (QED) is 0.879. The summed E-state index contributed by atoms with van der Waals surface area (Å²) in [6.07, 6.45) is 0.923. The molecule has 1 heterocycles.